The van der Waals surface area contributed by atoms with Crippen molar-refractivity contribution < 1.29 is 8.42 Å². The summed E-state index contributed by atoms with van der Waals surface area (Å²) < 4.78 is 26.8. The average Bonchev–Trinajstić information content (AvgIpc) is 2.38. The molecule has 1 N–H and O–H groups in total. The van der Waals surface area contributed by atoms with Crippen molar-refractivity contribution in [3.8, 4) is 0 Å². The van der Waals surface area contributed by atoms with Crippen molar-refractivity contribution in [1.82, 2.24) is 4.98 Å². The number of halogens is 2. The maximum atomic E-state index is 12.2. The molecular formula is C12H10Cl2N2O2S. The number of nitrogens with one attached hydrogen (secondary N) is 1. The summed E-state index contributed by atoms with van der Waals surface area (Å²) in [5.41, 5.74) is 1.09. The highest BCUT2D eigenvalue weighted by Crippen LogP contribution is 2.19. The van der Waals surface area contributed by atoms with Crippen LogP contribution in [0.15, 0.2) is 47.5 Å². The van der Waals surface area contributed by atoms with Gasteiger partial charge in [0, 0.05) is 12.1 Å². The topological polar surface area (TPSA) is 59.1 Å². The normalized spacial score (nSPS) is 11.3. The molecule has 1 heterocycles. The Labute approximate surface area is 121 Å². The molecule has 0 aliphatic carbocycles. The zero-order valence-electron chi connectivity index (χ0n) is 9.68. The van der Waals surface area contributed by atoms with E-state index in [0.717, 1.165) is 5.56 Å². The van der Waals surface area contributed by atoms with Gasteiger partial charge in [-0.1, -0.05) is 23.7 Å². The molecule has 0 saturated heterocycles. The Hall–Kier alpha value is -1.30. The monoisotopic (exact) mass is 316 g/mol. The summed E-state index contributed by atoms with van der Waals surface area (Å²) in [5.74, 6) is 0.254. The minimum Gasteiger partial charge on any atom is -0.279 e. The highest BCUT2D eigenvalue weighted by molar-refractivity contribution is 7.92. The Bertz CT molecular complexity index is 690. The van der Waals surface area contributed by atoms with Crippen molar-refractivity contribution in [2.75, 3.05) is 4.72 Å². The third-order valence-electron chi connectivity index (χ3n) is 2.34. The number of rotatable bonds is 4. The Morgan fingerprint density at radius 3 is 2.68 bits per heavy atom. The number of anilines is 1. The van der Waals surface area contributed by atoms with Gasteiger partial charge in [-0.3, -0.25) is 4.72 Å². The molecule has 2 aromatic rings. The summed E-state index contributed by atoms with van der Waals surface area (Å²) in [6, 6.07) is 9.39. The van der Waals surface area contributed by atoms with Crippen LogP contribution in [0.25, 0.3) is 0 Å². The number of alkyl halides is 1. The van der Waals surface area contributed by atoms with Gasteiger partial charge in [0.25, 0.3) is 10.0 Å². The van der Waals surface area contributed by atoms with Gasteiger partial charge in [-0.25, -0.2) is 13.4 Å². The molecule has 0 spiro atoms. The fourth-order valence-corrected chi connectivity index (χ4v) is 2.94. The van der Waals surface area contributed by atoms with Crippen molar-refractivity contribution in [2.24, 2.45) is 0 Å². The summed E-state index contributed by atoms with van der Waals surface area (Å²) >= 11 is 11.4. The molecule has 0 unspecified atom stereocenters. The molecule has 100 valence electrons. The van der Waals surface area contributed by atoms with Gasteiger partial charge in [0.2, 0.25) is 0 Å². The molecule has 1 aromatic heterocycles. The van der Waals surface area contributed by atoms with E-state index in [0.29, 0.717) is 5.69 Å². The first-order chi connectivity index (χ1) is 9.01. The van der Waals surface area contributed by atoms with Crippen molar-refractivity contribution in [2.45, 2.75) is 10.8 Å². The predicted molar refractivity (Wildman–Crippen MR) is 76.1 cm³/mol. The molecule has 0 amide bonds. The van der Waals surface area contributed by atoms with E-state index in [1.165, 1.54) is 30.5 Å². The Morgan fingerprint density at radius 2 is 2.00 bits per heavy atom. The van der Waals surface area contributed by atoms with Crippen molar-refractivity contribution in [3.63, 3.8) is 0 Å². The van der Waals surface area contributed by atoms with Crippen molar-refractivity contribution in [1.29, 1.82) is 0 Å². The van der Waals surface area contributed by atoms with Gasteiger partial charge in [0.1, 0.15) is 5.15 Å². The SMILES string of the molecule is O=S(=O)(Nc1ccnc(Cl)c1)c1cccc(CCl)c1. The fraction of sp³-hybridized carbons (Fsp3) is 0.0833. The lowest BCUT2D eigenvalue weighted by molar-refractivity contribution is 0.601. The zero-order valence-corrected chi connectivity index (χ0v) is 12.0. The summed E-state index contributed by atoms with van der Waals surface area (Å²) in [6.07, 6.45) is 1.43. The van der Waals surface area contributed by atoms with Crippen molar-refractivity contribution in [3.05, 3.63) is 53.3 Å². The lowest BCUT2D eigenvalue weighted by Gasteiger charge is -2.08. The van der Waals surface area contributed by atoms with Crippen LogP contribution in [0.5, 0.6) is 0 Å². The number of sulfonamides is 1. The molecule has 0 saturated carbocycles. The van der Waals surface area contributed by atoms with E-state index >= 15 is 0 Å². The van der Waals surface area contributed by atoms with Crippen LogP contribution in [0.1, 0.15) is 5.56 Å². The van der Waals surface area contributed by atoms with E-state index < -0.39 is 10.0 Å². The van der Waals surface area contributed by atoms with Crippen LogP contribution in [-0.4, -0.2) is 13.4 Å². The van der Waals surface area contributed by atoms with Crippen LogP contribution >= 0.6 is 23.2 Å². The number of pyridine rings is 1. The van der Waals surface area contributed by atoms with Crippen LogP contribution in [0, 0.1) is 0 Å². The molecular weight excluding hydrogens is 307 g/mol. The van der Waals surface area contributed by atoms with Gasteiger partial charge in [0.15, 0.2) is 0 Å². The van der Waals surface area contributed by atoms with Crippen LogP contribution < -0.4 is 4.72 Å². The Balaban J connectivity index is 2.32. The van der Waals surface area contributed by atoms with Gasteiger partial charge in [-0.05, 0) is 29.8 Å². The summed E-state index contributed by atoms with van der Waals surface area (Å²) in [4.78, 5) is 3.93. The van der Waals surface area contributed by atoms with E-state index in [1.807, 2.05) is 0 Å². The van der Waals surface area contributed by atoms with E-state index in [1.54, 1.807) is 12.1 Å². The largest absolute Gasteiger partial charge is 0.279 e. The smallest absolute Gasteiger partial charge is 0.261 e. The molecule has 19 heavy (non-hydrogen) atoms. The number of hydrogen-bond acceptors (Lipinski definition) is 3. The van der Waals surface area contributed by atoms with Gasteiger partial charge in [-0.15, -0.1) is 11.6 Å². The first-order valence-corrected chi connectivity index (χ1v) is 7.70. The standard InChI is InChI=1S/C12H10Cl2N2O2S/c13-8-9-2-1-3-11(6-9)19(17,18)16-10-4-5-15-12(14)7-10/h1-7H,8H2,(H,15,16). The summed E-state index contributed by atoms with van der Waals surface area (Å²) in [7, 11) is -3.66. The van der Waals surface area contributed by atoms with Gasteiger partial charge < -0.3 is 0 Å². The second kappa shape index (κ2) is 5.77. The molecule has 0 fully saturated rings. The van der Waals surface area contributed by atoms with Gasteiger partial charge in [0.05, 0.1) is 10.6 Å². The molecule has 2 rings (SSSR count). The minimum absolute atomic E-state index is 0.151. The maximum Gasteiger partial charge on any atom is 0.261 e. The quantitative estimate of drug-likeness (QED) is 0.695. The van der Waals surface area contributed by atoms with E-state index in [2.05, 4.69) is 9.71 Å². The Kier molecular flexibility index (Phi) is 4.29. The summed E-state index contributed by atoms with van der Waals surface area (Å²) in [5, 5.41) is 0.217. The molecule has 4 nitrogen and oxygen atoms in total. The molecule has 7 heteroatoms. The van der Waals surface area contributed by atoms with Gasteiger partial charge >= 0.3 is 0 Å². The number of nitrogens with zero attached hydrogens (tertiary/aromatic N) is 1. The van der Waals surface area contributed by atoms with Crippen LogP contribution in [0.2, 0.25) is 5.15 Å². The first kappa shape index (κ1) is 14.1. The minimum atomic E-state index is -3.66. The fourth-order valence-electron chi connectivity index (χ4n) is 1.48. The second-order valence-corrected chi connectivity index (χ2v) is 6.09. The molecule has 0 atom stereocenters. The van der Waals surface area contributed by atoms with Crippen LogP contribution in [0.3, 0.4) is 0 Å². The number of aromatic nitrogens is 1. The Morgan fingerprint density at radius 1 is 1.21 bits per heavy atom. The maximum absolute atomic E-state index is 12.2. The third kappa shape index (κ3) is 3.59. The van der Waals surface area contributed by atoms with E-state index in [4.69, 9.17) is 23.2 Å². The highest BCUT2D eigenvalue weighted by atomic mass is 35.5. The second-order valence-electron chi connectivity index (χ2n) is 3.75. The number of benzene rings is 1. The van der Waals surface area contributed by atoms with Crippen LogP contribution in [-0.2, 0) is 15.9 Å². The zero-order chi connectivity index (χ0) is 13.9. The van der Waals surface area contributed by atoms with E-state index in [9.17, 15) is 8.42 Å². The average molecular weight is 317 g/mol. The first-order valence-electron chi connectivity index (χ1n) is 5.30. The lowest BCUT2D eigenvalue weighted by Crippen LogP contribution is -2.13. The third-order valence-corrected chi connectivity index (χ3v) is 4.24. The highest BCUT2D eigenvalue weighted by Gasteiger charge is 2.14. The molecule has 1 aromatic carbocycles. The number of hydrogen-bond donors (Lipinski definition) is 1. The van der Waals surface area contributed by atoms with Gasteiger partial charge in [-0.2, -0.15) is 0 Å². The molecule has 0 aliphatic heterocycles. The van der Waals surface area contributed by atoms with Crippen molar-refractivity contribution >= 4 is 38.9 Å². The molecule has 0 radical (unpaired) electrons. The predicted octanol–water partition coefficient (Wildman–Crippen LogP) is 3.27. The van der Waals surface area contributed by atoms with E-state index in [-0.39, 0.29) is 15.9 Å². The molecule has 0 bridgehead atoms. The lowest BCUT2D eigenvalue weighted by atomic mass is 10.2. The molecule has 0 aliphatic rings. The van der Waals surface area contributed by atoms with Crippen LogP contribution in [0.4, 0.5) is 5.69 Å². The summed E-state index contributed by atoms with van der Waals surface area (Å²) in [6.45, 7) is 0.